The number of amides is 3. The van der Waals surface area contributed by atoms with Crippen LogP contribution >= 0.6 is 23.2 Å². The number of carbonyl (C=O) groups is 4. The zero-order valence-corrected chi connectivity index (χ0v) is 22.7. The van der Waals surface area contributed by atoms with Gasteiger partial charge >= 0.3 is 5.97 Å². The molecule has 12 heteroatoms. The van der Waals surface area contributed by atoms with E-state index in [1.165, 1.54) is 24.3 Å². The second-order valence-corrected chi connectivity index (χ2v) is 11.4. The molecule has 1 heterocycles. The third-order valence-electron chi connectivity index (χ3n) is 8.13. The SMILES string of the molecule is NC(=O)C[C@H](C(=O)OCc1ccc([N+](=O)[O-])cc1)N1C(=O)[C@@H]2[C@H](C1=O)C1(Cl)c3ccccc3C2(Cl)c2ccccc21. The van der Waals surface area contributed by atoms with Crippen LogP contribution in [0, 0.1) is 22.0 Å². The molecule has 3 aromatic carbocycles. The Kier molecular flexibility index (Phi) is 6.16. The molecule has 3 amide bonds. The summed E-state index contributed by atoms with van der Waals surface area (Å²) in [6.45, 7) is -0.328. The molecule has 3 atom stereocenters. The minimum Gasteiger partial charge on any atom is -0.459 e. The van der Waals surface area contributed by atoms with E-state index in [4.69, 9.17) is 33.7 Å². The fraction of sp³-hybridized carbons (Fsp3) is 0.241. The number of nitrogens with two attached hydrogens (primary N) is 1. The third-order valence-corrected chi connectivity index (χ3v) is 9.41. The Morgan fingerprint density at radius 2 is 1.32 bits per heavy atom. The largest absolute Gasteiger partial charge is 0.459 e. The Morgan fingerprint density at radius 3 is 1.71 bits per heavy atom. The molecule has 1 aliphatic heterocycles. The van der Waals surface area contributed by atoms with Crippen molar-refractivity contribution in [1.82, 2.24) is 4.90 Å². The normalized spacial score (nSPS) is 26.1. The maximum atomic E-state index is 14.1. The molecule has 0 saturated carbocycles. The van der Waals surface area contributed by atoms with E-state index in [1.54, 1.807) is 48.5 Å². The summed E-state index contributed by atoms with van der Waals surface area (Å²) in [4.78, 5) is 61.8. The summed E-state index contributed by atoms with van der Waals surface area (Å²) >= 11 is 14.8. The summed E-state index contributed by atoms with van der Waals surface area (Å²) in [5.41, 5.74) is 8.06. The summed E-state index contributed by atoms with van der Waals surface area (Å²) in [6.07, 6.45) is -0.680. The number of carbonyl (C=O) groups excluding carboxylic acids is 4. The van der Waals surface area contributed by atoms with E-state index in [-0.39, 0.29) is 12.3 Å². The second-order valence-electron chi connectivity index (χ2n) is 10.2. The van der Waals surface area contributed by atoms with E-state index in [1.807, 2.05) is 0 Å². The van der Waals surface area contributed by atoms with Gasteiger partial charge in [-0.2, -0.15) is 0 Å². The van der Waals surface area contributed by atoms with Gasteiger partial charge in [0.05, 0.1) is 23.2 Å². The van der Waals surface area contributed by atoms with Gasteiger partial charge in [0.1, 0.15) is 22.4 Å². The van der Waals surface area contributed by atoms with E-state index in [2.05, 4.69) is 0 Å². The van der Waals surface area contributed by atoms with Crippen LogP contribution in [0.15, 0.2) is 72.8 Å². The lowest BCUT2D eigenvalue weighted by Crippen LogP contribution is -2.57. The highest BCUT2D eigenvalue weighted by Gasteiger charge is 2.73. The molecule has 1 fully saturated rings. The number of nitro groups is 1. The average molecular weight is 594 g/mol. The maximum absolute atomic E-state index is 14.1. The Morgan fingerprint density at radius 1 is 0.878 bits per heavy atom. The van der Waals surface area contributed by atoms with Gasteiger partial charge in [-0.05, 0) is 39.9 Å². The van der Waals surface area contributed by atoms with Crippen LogP contribution in [0.1, 0.15) is 34.2 Å². The van der Waals surface area contributed by atoms with Gasteiger partial charge in [-0.1, -0.05) is 48.5 Å². The number of alkyl halides is 2. The number of halogens is 2. The molecular weight excluding hydrogens is 573 g/mol. The average Bonchev–Trinajstić information content (AvgIpc) is 3.24. The van der Waals surface area contributed by atoms with Crippen LogP contribution in [0.4, 0.5) is 5.69 Å². The number of ether oxygens (including phenoxy) is 1. The molecule has 1 saturated heterocycles. The van der Waals surface area contributed by atoms with Crippen molar-refractivity contribution in [1.29, 1.82) is 0 Å². The van der Waals surface area contributed by atoms with Gasteiger partial charge < -0.3 is 10.5 Å². The summed E-state index contributed by atoms with van der Waals surface area (Å²) in [5, 5.41) is 10.9. The number of nitro benzene ring substituents is 1. The lowest BCUT2D eigenvalue weighted by atomic mass is 9.54. The molecule has 4 aliphatic rings. The number of hydrogen-bond donors (Lipinski definition) is 1. The minimum absolute atomic E-state index is 0.149. The van der Waals surface area contributed by atoms with Gasteiger partial charge in [-0.15, -0.1) is 23.2 Å². The number of benzene rings is 3. The molecule has 41 heavy (non-hydrogen) atoms. The summed E-state index contributed by atoms with van der Waals surface area (Å²) in [5.74, 6) is -5.84. The van der Waals surface area contributed by atoms with Gasteiger partial charge in [0.15, 0.2) is 0 Å². The van der Waals surface area contributed by atoms with Gasteiger partial charge in [0, 0.05) is 12.1 Å². The first-order valence-corrected chi connectivity index (χ1v) is 13.4. The van der Waals surface area contributed by atoms with E-state index in [0.29, 0.717) is 27.8 Å². The van der Waals surface area contributed by atoms with Crippen LogP contribution in [-0.4, -0.2) is 39.6 Å². The third kappa shape index (κ3) is 3.70. The number of primary amides is 1. The first kappa shape index (κ1) is 26.9. The quantitative estimate of drug-likeness (QED) is 0.145. The Bertz CT molecular complexity index is 1540. The number of likely N-dealkylation sites (tertiary alicyclic amines) is 1. The van der Waals surface area contributed by atoms with E-state index in [9.17, 15) is 29.3 Å². The standard InChI is InChI=1S/C29H21Cl2N3O7/c30-28-17-5-1-2-6-18(17)29(31,20-8-4-3-7-19(20)28)24-23(28)25(36)33(26(24)37)21(13-22(32)35)27(38)41-14-15-9-11-16(12-10-15)34(39)40/h1-12,21,23-24H,13-14H2,(H2,32,35)/t21-,23-,24+,28?,29?/m1/s1. The van der Waals surface area contributed by atoms with Gasteiger partial charge in [0.2, 0.25) is 17.7 Å². The molecule has 0 unspecified atom stereocenters. The summed E-state index contributed by atoms with van der Waals surface area (Å²) in [7, 11) is 0. The molecule has 208 valence electrons. The Labute approximate surface area is 243 Å². The molecule has 3 aromatic rings. The number of rotatable bonds is 7. The topological polar surface area (TPSA) is 150 Å². The predicted molar refractivity (Wildman–Crippen MR) is 145 cm³/mol. The predicted octanol–water partition coefficient (Wildman–Crippen LogP) is 3.48. The van der Waals surface area contributed by atoms with Gasteiger partial charge in [-0.25, -0.2) is 4.79 Å². The van der Waals surface area contributed by atoms with Crippen LogP contribution in [0.25, 0.3) is 0 Å². The number of non-ortho nitro benzene ring substituents is 1. The molecule has 0 radical (unpaired) electrons. The second kappa shape index (κ2) is 9.39. The first-order chi connectivity index (χ1) is 19.5. The summed E-state index contributed by atoms with van der Waals surface area (Å²) < 4.78 is 5.37. The molecular formula is C29H21Cl2N3O7. The van der Waals surface area contributed by atoms with Crippen molar-refractivity contribution in [3.63, 3.8) is 0 Å². The van der Waals surface area contributed by atoms with Crippen LogP contribution in [0.3, 0.4) is 0 Å². The number of esters is 1. The van der Waals surface area contributed by atoms with Crippen molar-refractivity contribution in [2.24, 2.45) is 17.6 Å². The number of hydrogen-bond acceptors (Lipinski definition) is 7. The first-order valence-electron chi connectivity index (χ1n) is 12.6. The van der Waals surface area contributed by atoms with Crippen LogP contribution in [0.5, 0.6) is 0 Å². The lowest BCUT2D eigenvalue weighted by molar-refractivity contribution is -0.384. The van der Waals surface area contributed by atoms with Gasteiger partial charge in [0.25, 0.3) is 5.69 Å². The highest BCUT2D eigenvalue weighted by atomic mass is 35.5. The molecule has 0 spiro atoms. The lowest BCUT2D eigenvalue weighted by Gasteiger charge is -2.54. The van der Waals surface area contributed by atoms with Crippen molar-refractivity contribution in [3.8, 4) is 0 Å². The molecule has 7 rings (SSSR count). The highest BCUT2D eigenvalue weighted by Crippen LogP contribution is 2.69. The minimum atomic E-state index is -1.66. The van der Waals surface area contributed by atoms with E-state index in [0.717, 1.165) is 4.90 Å². The van der Waals surface area contributed by atoms with Crippen molar-refractivity contribution < 1.29 is 28.8 Å². The highest BCUT2D eigenvalue weighted by molar-refractivity contribution is 6.36. The zero-order valence-electron chi connectivity index (χ0n) is 21.2. The van der Waals surface area contributed by atoms with Crippen LogP contribution in [-0.2, 0) is 40.3 Å². The summed E-state index contributed by atoms with van der Waals surface area (Å²) in [6, 6.07) is 17.8. The molecule has 2 N–H and O–H groups in total. The smallest absolute Gasteiger partial charge is 0.330 e. The molecule has 2 bridgehead atoms. The fourth-order valence-electron chi connectivity index (χ4n) is 6.43. The fourth-order valence-corrected chi connectivity index (χ4v) is 7.53. The van der Waals surface area contributed by atoms with Gasteiger partial charge in [-0.3, -0.25) is 29.4 Å². The van der Waals surface area contributed by atoms with E-state index >= 15 is 0 Å². The van der Waals surface area contributed by atoms with Crippen LogP contribution in [0.2, 0.25) is 0 Å². The van der Waals surface area contributed by atoms with Crippen molar-refractivity contribution in [3.05, 3.63) is 111 Å². The molecule has 0 aromatic heterocycles. The molecule has 3 aliphatic carbocycles. The van der Waals surface area contributed by atoms with Crippen molar-refractivity contribution in [2.75, 3.05) is 0 Å². The van der Waals surface area contributed by atoms with Crippen molar-refractivity contribution >= 4 is 52.6 Å². The van der Waals surface area contributed by atoms with Crippen molar-refractivity contribution in [2.45, 2.75) is 28.8 Å². The van der Waals surface area contributed by atoms with E-state index < -0.39 is 62.7 Å². The zero-order chi connectivity index (χ0) is 29.3. The van der Waals surface area contributed by atoms with Crippen LogP contribution < -0.4 is 5.73 Å². The Balaban J connectivity index is 1.38. The maximum Gasteiger partial charge on any atom is 0.330 e. The Hall–Kier alpha value is -4.28. The number of nitrogens with zero attached hydrogens (tertiary/aromatic N) is 2. The monoisotopic (exact) mass is 593 g/mol. The number of imide groups is 1. The molecule has 10 nitrogen and oxygen atoms in total.